The number of methoxy groups -OCH3 is 1. The Labute approximate surface area is 169 Å². The molecule has 0 radical (unpaired) electrons. The van der Waals surface area contributed by atoms with Gasteiger partial charge < -0.3 is 15.4 Å². The molecule has 0 bridgehead atoms. The molecule has 1 amide bonds. The number of aromatic nitrogens is 3. The van der Waals surface area contributed by atoms with Crippen LogP contribution in [0.25, 0.3) is 11.4 Å². The first-order valence-corrected chi connectivity index (χ1v) is 8.72. The lowest BCUT2D eigenvalue weighted by molar-refractivity contribution is -0.164. The molecule has 3 rings (SSSR count). The van der Waals surface area contributed by atoms with Crippen LogP contribution in [0.1, 0.15) is 0 Å². The van der Waals surface area contributed by atoms with Gasteiger partial charge >= 0.3 is 0 Å². The molecule has 9 nitrogen and oxygen atoms in total. The number of hydroxylamine groups is 2. The summed E-state index contributed by atoms with van der Waals surface area (Å²) < 4.78 is 15.1. The number of para-hydroxylation sites is 1. The van der Waals surface area contributed by atoms with Crippen molar-refractivity contribution in [2.24, 2.45) is 7.05 Å². The number of benzene rings is 1. The smallest absolute Gasteiger partial charge is 0.276 e. The first-order chi connectivity index (χ1) is 13.8. The van der Waals surface area contributed by atoms with Gasteiger partial charge in [0.05, 0.1) is 36.7 Å². The van der Waals surface area contributed by atoms with Crippen LogP contribution in [-0.4, -0.2) is 53.5 Å². The second kappa shape index (κ2) is 8.32. The van der Waals surface area contributed by atoms with Crippen LogP contribution in [0, 0.1) is 0 Å². The predicted molar refractivity (Wildman–Crippen MR) is 105 cm³/mol. The standard InChI is InChI=1S/C18H21ClN6O3/c1-24-10-21-17(23-24)11-6-5-7-13(16(11)27-3)22-14-8-15(19)20-9-12(14)18(26)25(2)28-4/h5-8,10,20,22H,9H2,1-4H3/i/hD. The summed E-state index contributed by atoms with van der Waals surface area (Å²) in [7, 11) is 6.21. The molecule has 28 heavy (non-hydrogen) atoms. The zero-order valence-corrected chi connectivity index (χ0v) is 16.7. The number of nitrogens with one attached hydrogen (secondary N) is 2. The monoisotopic (exact) mass is 405 g/mol. The average molecular weight is 406 g/mol. The van der Waals surface area contributed by atoms with Gasteiger partial charge in [-0.25, -0.2) is 10.0 Å². The number of anilines is 1. The van der Waals surface area contributed by atoms with Crippen molar-refractivity contribution in [1.29, 1.82) is 0 Å². The van der Waals surface area contributed by atoms with E-state index in [2.05, 4.69) is 15.4 Å². The van der Waals surface area contributed by atoms with Crippen molar-refractivity contribution < 1.29 is 15.8 Å². The molecule has 0 atom stereocenters. The van der Waals surface area contributed by atoms with Crippen LogP contribution in [0.5, 0.6) is 5.75 Å². The van der Waals surface area contributed by atoms with Crippen LogP contribution in [0.15, 0.2) is 47.0 Å². The average Bonchev–Trinajstić information content (AvgIpc) is 3.15. The Morgan fingerprint density at radius 2 is 2.25 bits per heavy atom. The van der Waals surface area contributed by atoms with Crippen molar-refractivity contribution in [2.45, 2.75) is 0 Å². The third-order valence-electron chi connectivity index (χ3n) is 4.12. The fraction of sp³-hybridized carbons (Fsp3) is 0.278. The normalized spacial score (nSPS) is 14.5. The van der Waals surface area contributed by atoms with Crippen molar-refractivity contribution in [2.75, 3.05) is 33.1 Å². The maximum absolute atomic E-state index is 12.7. The molecule has 2 aromatic rings. The van der Waals surface area contributed by atoms with Gasteiger partial charge in [-0.2, -0.15) is 5.10 Å². The molecule has 0 aliphatic carbocycles. The maximum atomic E-state index is 12.7. The molecule has 0 spiro atoms. The lowest BCUT2D eigenvalue weighted by Gasteiger charge is -2.23. The number of halogens is 1. The van der Waals surface area contributed by atoms with E-state index in [1.165, 1.54) is 20.2 Å². The molecule has 148 valence electrons. The highest BCUT2D eigenvalue weighted by molar-refractivity contribution is 6.29. The van der Waals surface area contributed by atoms with Crippen LogP contribution < -0.4 is 15.4 Å². The fourth-order valence-corrected chi connectivity index (χ4v) is 2.87. The van der Waals surface area contributed by atoms with Gasteiger partial charge in [0.2, 0.25) is 0 Å². The summed E-state index contributed by atoms with van der Waals surface area (Å²) in [5, 5.41) is 9.80. The quantitative estimate of drug-likeness (QED) is 0.559. The van der Waals surface area contributed by atoms with Crippen LogP contribution >= 0.6 is 11.6 Å². The number of likely N-dealkylation sites (N-methyl/N-ethyl adjacent to an activating group) is 1. The summed E-state index contributed by atoms with van der Waals surface area (Å²) in [5.41, 5.74) is 2.04. The Morgan fingerprint density at radius 3 is 2.89 bits per heavy atom. The van der Waals surface area contributed by atoms with Crippen LogP contribution in [0.4, 0.5) is 5.69 Å². The van der Waals surface area contributed by atoms with Crippen molar-refractivity contribution in [1.82, 2.24) is 25.1 Å². The highest BCUT2D eigenvalue weighted by Crippen LogP contribution is 2.36. The number of nitrogens with zero attached hydrogens (tertiary/aromatic N) is 4. The molecule has 1 aromatic heterocycles. The molecule has 1 aliphatic rings. The van der Waals surface area contributed by atoms with Gasteiger partial charge in [-0.05, 0) is 18.2 Å². The molecule has 2 heterocycles. The number of rotatable bonds is 6. The predicted octanol–water partition coefficient (Wildman–Crippen LogP) is 1.86. The Bertz CT molecular complexity index is 990. The minimum atomic E-state index is -0.394. The third-order valence-corrected chi connectivity index (χ3v) is 4.35. The van der Waals surface area contributed by atoms with Gasteiger partial charge in [-0.3, -0.25) is 14.3 Å². The van der Waals surface area contributed by atoms with Crippen molar-refractivity contribution in [3.05, 3.63) is 47.0 Å². The second-order valence-electron chi connectivity index (χ2n) is 5.91. The summed E-state index contributed by atoms with van der Waals surface area (Å²) in [6.45, 7) is -0.00595. The van der Waals surface area contributed by atoms with Gasteiger partial charge in [-0.1, -0.05) is 17.7 Å². The van der Waals surface area contributed by atoms with Crippen molar-refractivity contribution >= 4 is 23.2 Å². The molecule has 1 aromatic carbocycles. The third kappa shape index (κ3) is 3.95. The van der Waals surface area contributed by atoms with E-state index in [-0.39, 0.29) is 11.7 Å². The number of carbonyl (C=O) groups is 1. The number of ether oxygens (including phenoxy) is 1. The Kier molecular flexibility index (Phi) is 5.45. The summed E-state index contributed by atoms with van der Waals surface area (Å²) in [4.78, 5) is 22.0. The van der Waals surface area contributed by atoms with E-state index in [0.29, 0.717) is 34.1 Å². The maximum Gasteiger partial charge on any atom is 0.276 e. The van der Waals surface area contributed by atoms with E-state index >= 15 is 0 Å². The van der Waals surface area contributed by atoms with Gasteiger partial charge in [0.25, 0.3) is 5.91 Å². The molecule has 2 N–H and O–H groups in total. The van der Waals surface area contributed by atoms with Crippen molar-refractivity contribution in [3.63, 3.8) is 0 Å². The number of amides is 1. The topological polar surface area (TPSA) is 93.5 Å². The lowest BCUT2D eigenvalue weighted by Crippen LogP contribution is -2.34. The fourth-order valence-electron chi connectivity index (χ4n) is 2.70. The number of hydrogen-bond acceptors (Lipinski definition) is 7. The SMILES string of the molecule is [2H]N1CC(C(=O)N(C)OC)=C(Nc2cccc(-c3ncn(C)n3)c2OC)C=C1Cl. The van der Waals surface area contributed by atoms with Gasteiger partial charge in [0.15, 0.2) is 13.0 Å². The van der Waals surface area contributed by atoms with Gasteiger partial charge in [0.1, 0.15) is 11.5 Å². The first-order valence-electron chi connectivity index (χ1n) is 8.79. The van der Waals surface area contributed by atoms with E-state index in [0.717, 1.165) is 10.4 Å². The highest BCUT2D eigenvalue weighted by atomic mass is 35.5. The largest absolute Gasteiger partial charge is 0.494 e. The summed E-state index contributed by atoms with van der Waals surface area (Å²) in [6, 6.07) is 5.47. The van der Waals surface area contributed by atoms with E-state index in [9.17, 15) is 4.79 Å². The molecule has 0 saturated carbocycles. The van der Waals surface area contributed by atoms with E-state index in [1.54, 1.807) is 31.2 Å². The van der Waals surface area contributed by atoms with E-state index in [4.69, 9.17) is 22.6 Å². The molecular formula is C18H21ClN6O3. The molecule has 0 unspecified atom stereocenters. The molecule has 10 heteroatoms. The molecule has 0 fully saturated rings. The number of hydrogen-bond donors (Lipinski definition) is 2. The first kappa shape index (κ1) is 18.3. The summed E-state index contributed by atoms with van der Waals surface area (Å²) in [6.07, 6.45) is 3.11. The number of aryl methyl sites for hydroxylation is 1. The minimum absolute atomic E-state index is 0.00595. The number of carbonyl (C=O) groups excluding carboxylic acids is 1. The Hall–Kier alpha value is -3.04. The molecule has 1 aliphatic heterocycles. The van der Waals surface area contributed by atoms with Crippen LogP contribution in [-0.2, 0) is 16.7 Å². The van der Waals surface area contributed by atoms with E-state index < -0.39 is 5.91 Å². The summed E-state index contributed by atoms with van der Waals surface area (Å²) in [5.74, 6) is 0.622. The zero-order chi connectivity index (χ0) is 21.1. The number of dihydropyridines is 1. The minimum Gasteiger partial charge on any atom is -0.494 e. The second-order valence-corrected chi connectivity index (χ2v) is 6.30. The van der Waals surface area contributed by atoms with Crippen molar-refractivity contribution in [3.8, 4) is 17.1 Å². The Morgan fingerprint density at radius 1 is 1.46 bits per heavy atom. The van der Waals surface area contributed by atoms with Crippen LogP contribution in [0.3, 0.4) is 0 Å². The van der Waals surface area contributed by atoms with Gasteiger partial charge in [0, 0.05) is 20.6 Å². The molecular weight excluding hydrogens is 384 g/mol. The van der Waals surface area contributed by atoms with Crippen LogP contribution in [0.2, 0.25) is 1.41 Å². The Balaban J connectivity index is 2.05. The number of allylic oxidation sites excluding steroid dienone is 1. The summed E-state index contributed by atoms with van der Waals surface area (Å²) >= 11 is 6.13. The highest BCUT2D eigenvalue weighted by Gasteiger charge is 2.23. The lowest BCUT2D eigenvalue weighted by atomic mass is 10.1. The zero-order valence-electron chi connectivity index (χ0n) is 16.9. The van der Waals surface area contributed by atoms with Gasteiger partial charge in [-0.15, -0.1) is 0 Å². The van der Waals surface area contributed by atoms with E-state index in [1.807, 2.05) is 12.1 Å². The molecule has 0 saturated heterocycles.